The van der Waals surface area contributed by atoms with Crippen LogP contribution in [-0.4, -0.2) is 55.5 Å². The van der Waals surface area contributed by atoms with Gasteiger partial charge in [-0.1, -0.05) is 0 Å². The van der Waals surface area contributed by atoms with Crippen LogP contribution in [0.25, 0.3) is 10.9 Å². The van der Waals surface area contributed by atoms with Crippen molar-refractivity contribution in [3.8, 4) is 0 Å². The number of hydrogen-bond donors (Lipinski definition) is 3. The predicted molar refractivity (Wildman–Crippen MR) is 92.9 cm³/mol. The van der Waals surface area contributed by atoms with Crippen molar-refractivity contribution in [2.24, 2.45) is 0 Å². The summed E-state index contributed by atoms with van der Waals surface area (Å²) in [7, 11) is 0. The van der Waals surface area contributed by atoms with Gasteiger partial charge in [-0.2, -0.15) is 0 Å². The Morgan fingerprint density at radius 1 is 1.33 bits per heavy atom. The standard InChI is InChI=1S/C18H23N3O3/c1-13-11-16(19-5-2-6-21-7-9-24-10-8-21)15-4-3-14(18(22)23)12-17(15)20-13/h3-4,11-12H,2,5-10H2,1H3,(H,19,20)(H,22,23)/p+1. The van der Waals surface area contributed by atoms with Gasteiger partial charge in [0.25, 0.3) is 0 Å². The van der Waals surface area contributed by atoms with Gasteiger partial charge < -0.3 is 20.1 Å². The zero-order chi connectivity index (χ0) is 16.9. The number of ether oxygens (including phenoxy) is 1. The number of anilines is 1. The third-order valence-electron chi connectivity index (χ3n) is 4.41. The Labute approximate surface area is 141 Å². The Morgan fingerprint density at radius 3 is 2.88 bits per heavy atom. The van der Waals surface area contributed by atoms with E-state index < -0.39 is 5.97 Å². The lowest BCUT2D eigenvalue weighted by atomic mass is 10.1. The van der Waals surface area contributed by atoms with Gasteiger partial charge in [-0.3, -0.25) is 4.98 Å². The van der Waals surface area contributed by atoms with Crippen LogP contribution in [0.5, 0.6) is 0 Å². The van der Waals surface area contributed by atoms with Crippen molar-refractivity contribution in [1.29, 1.82) is 0 Å². The summed E-state index contributed by atoms with van der Waals surface area (Å²) in [5.41, 5.74) is 2.89. The number of carboxylic acids is 1. The molecule has 1 saturated heterocycles. The first-order valence-corrected chi connectivity index (χ1v) is 8.43. The van der Waals surface area contributed by atoms with E-state index in [4.69, 9.17) is 9.84 Å². The number of nitrogens with one attached hydrogen (secondary N) is 2. The van der Waals surface area contributed by atoms with Gasteiger partial charge in [0.1, 0.15) is 13.1 Å². The lowest BCUT2D eigenvalue weighted by Gasteiger charge is -2.23. The number of carbonyl (C=O) groups is 1. The number of rotatable bonds is 6. The second-order valence-electron chi connectivity index (χ2n) is 6.24. The number of aromatic carboxylic acids is 1. The number of quaternary nitrogens is 1. The molecule has 1 aliphatic rings. The molecule has 0 atom stereocenters. The molecule has 0 radical (unpaired) electrons. The zero-order valence-electron chi connectivity index (χ0n) is 14.0. The maximum atomic E-state index is 11.1. The highest BCUT2D eigenvalue weighted by atomic mass is 16.5. The monoisotopic (exact) mass is 330 g/mol. The van der Waals surface area contributed by atoms with Crippen LogP contribution < -0.4 is 10.2 Å². The van der Waals surface area contributed by atoms with Crippen molar-refractivity contribution < 1.29 is 19.5 Å². The molecule has 0 spiro atoms. The molecule has 0 amide bonds. The normalized spacial score (nSPS) is 15.5. The van der Waals surface area contributed by atoms with Gasteiger partial charge in [0, 0.05) is 29.7 Å². The zero-order valence-corrected chi connectivity index (χ0v) is 14.0. The molecular weight excluding hydrogens is 306 g/mol. The molecule has 0 aliphatic carbocycles. The molecule has 0 saturated carbocycles. The van der Waals surface area contributed by atoms with Crippen LogP contribution >= 0.6 is 0 Å². The molecule has 1 aliphatic heterocycles. The molecule has 6 heteroatoms. The quantitative estimate of drug-likeness (QED) is 0.688. The molecule has 3 rings (SSSR count). The number of pyridine rings is 1. The Kier molecular flexibility index (Phi) is 5.27. The van der Waals surface area contributed by atoms with Gasteiger partial charge in [0.05, 0.1) is 30.8 Å². The first kappa shape index (κ1) is 16.7. The highest BCUT2D eigenvalue weighted by Crippen LogP contribution is 2.24. The summed E-state index contributed by atoms with van der Waals surface area (Å²) in [6, 6.07) is 7.11. The van der Waals surface area contributed by atoms with Gasteiger partial charge in [-0.05, 0) is 31.2 Å². The van der Waals surface area contributed by atoms with Gasteiger partial charge in [0.2, 0.25) is 0 Å². The minimum atomic E-state index is -0.928. The smallest absolute Gasteiger partial charge is 0.335 e. The maximum Gasteiger partial charge on any atom is 0.335 e. The fraction of sp³-hybridized carbons (Fsp3) is 0.444. The Balaban J connectivity index is 1.66. The van der Waals surface area contributed by atoms with Crippen LogP contribution in [0.4, 0.5) is 5.69 Å². The first-order valence-electron chi connectivity index (χ1n) is 8.43. The topological polar surface area (TPSA) is 75.9 Å². The highest BCUT2D eigenvalue weighted by molar-refractivity contribution is 5.97. The molecule has 1 aromatic heterocycles. The lowest BCUT2D eigenvalue weighted by Crippen LogP contribution is -3.14. The van der Waals surface area contributed by atoms with Crippen LogP contribution in [0.15, 0.2) is 24.3 Å². The van der Waals surface area contributed by atoms with E-state index >= 15 is 0 Å². The number of aryl methyl sites for hydroxylation is 1. The molecule has 128 valence electrons. The van der Waals surface area contributed by atoms with E-state index in [0.29, 0.717) is 0 Å². The Hall–Kier alpha value is -2.18. The fourth-order valence-electron chi connectivity index (χ4n) is 3.11. The van der Waals surface area contributed by atoms with E-state index in [2.05, 4.69) is 10.3 Å². The minimum Gasteiger partial charge on any atom is -0.478 e. The highest BCUT2D eigenvalue weighted by Gasteiger charge is 2.13. The first-order chi connectivity index (χ1) is 11.6. The Morgan fingerprint density at radius 2 is 2.12 bits per heavy atom. The van der Waals surface area contributed by atoms with E-state index in [9.17, 15) is 4.79 Å². The number of fused-ring (bicyclic) bond motifs is 1. The largest absolute Gasteiger partial charge is 0.478 e. The van der Waals surface area contributed by atoms with Gasteiger partial charge in [-0.15, -0.1) is 0 Å². The van der Waals surface area contributed by atoms with Crippen molar-refractivity contribution in [3.05, 3.63) is 35.5 Å². The van der Waals surface area contributed by atoms with Crippen LogP contribution in [0, 0.1) is 6.92 Å². The van der Waals surface area contributed by atoms with Crippen LogP contribution in [0.1, 0.15) is 22.5 Å². The van der Waals surface area contributed by atoms with Crippen molar-refractivity contribution in [1.82, 2.24) is 4.98 Å². The maximum absolute atomic E-state index is 11.1. The summed E-state index contributed by atoms with van der Waals surface area (Å²) in [6.45, 7) is 7.87. The molecule has 2 heterocycles. The van der Waals surface area contributed by atoms with Crippen LogP contribution in [-0.2, 0) is 4.74 Å². The number of hydrogen-bond acceptors (Lipinski definition) is 4. The predicted octanol–water partition coefficient (Wildman–Crippen LogP) is 0.959. The number of carboxylic acid groups (broad SMARTS) is 1. The number of morpholine rings is 1. The third kappa shape index (κ3) is 4.01. The molecule has 2 aromatic rings. The van der Waals surface area contributed by atoms with Crippen LogP contribution in [0.2, 0.25) is 0 Å². The molecule has 1 fully saturated rings. The summed E-state index contributed by atoms with van der Waals surface area (Å²) in [5, 5.41) is 13.6. The van der Waals surface area contributed by atoms with E-state index in [1.54, 1.807) is 17.0 Å². The average Bonchev–Trinajstić information content (AvgIpc) is 2.58. The van der Waals surface area contributed by atoms with E-state index in [-0.39, 0.29) is 5.56 Å². The van der Waals surface area contributed by atoms with E-state index in [0.717, 1.165) is 68.1 Å². The molecule has 24 heavy (non-hydrogen) atoms. The van der Waals surface area contributed by atoms with Gasteiger partial charge in [-0.25, -0.2) is 4.79 Å². The lowest BCUT2D eigenvalue weighted by molar-refractivity contribution is -0.908. The second kappa shape index (κ2) is 7.59. The molecular formula is C18H24N3O3+. The van der Waals surface area contributed by atoms with Crippen molar-refractivity contribution in [2.45, 2.75) is 13.3 Å². The molecule has 6 nitrogen and oxygen atoms in total. The molecule has 0 bridgehead atoms. The number of benzene rings is 1. The Bertz CT molecular complexity index is 727. The summed E-state index contributed by atoms with van der Waals surface area (Å²) in [4.78, 5) is 17.2. The van der Waals surface area contributed by atoms with Crippen molar-refractivity contribution >= 4 is 22.6 Å². The van der Waals surface area contributed by atoms with Gasteiger partial charge in [0.15, 0.2) is 0 Å². The minimum absolute atomic E-state index is 0.266. The average molecular weight is 330 g/mol. The molecule has 1 aromatic carbocycles. The van der Waals surface area contributed by atoms with E-state index in [1.807, 2.05) is 19.1 Å². The van der Waals surface area contributed by atoms with Crippen molar-refractivity contribution in [3.63, 3.8) is 0 Å². The summed E-state index contributed by atoms with van der Waals surface area (Å²) >= 11 is 0. The SMILES string of the molecule is Cc1cc(NCCC[NH+]2CCOCC2)c2ccc(C(=O)O)cc2n1. The summed E-state index contributed by atoms with van der Waals surface area (Å²) in [6.07, 6.45) is 1.09. The molecule has 3 N–H and O–H groups in total. The second-order valence-corrected chi connectivity index (χ2v) is 6.24. The van der Waals surface area contributed by atoms with Gasteiger partial charge >= 0.3 is 5.97 Å². The van der Waals surface area contributed by atoms with Crippen molar-refractivity contribution in [2.75, 3.05) is 44.7 Å². The number of aromatic nitrogens is 1. The third-order valence-corrected chi connectivity index (χ3v) is 4.41. The molecule has 0 unspecified atom stereocenters. The fourth-order valence-corrected chi connectivity index (χ4v) is 3.11. The van der Waals surface area contributed by atoms with Crippen LogP contribution in [0.3, 0.4) is 0 Å². The number of nitrogens with zero attached hydrogens (tertiary/aromatic N) is 1. The van der Waals surface area contributed by atoms with E-state index in [1.165, 1.54) is 0 Å². The summed E-state index contributed by atoms with van der Waals surface area (Å²) < 4.78 is 5.38. The summed E-state index contributed by atoms with van der Waals surface area (Å²) in [5.74, 6) is -0.928.